The molecule has 0 aromatic heterocycles. The van der Waals surface area contributed by atoms with Crippen LogP contribution in [0.1, 0.15) is 32.1 Å². The summed E-state index contributed by atoms with van der Waals surface area (Å²) < 4.78 is 14.5. The van der Waals surface area contributed by atoms with Gasteiger partial charge in [0.25, 0.3) is 0 Å². The minimum Gasteiger partial charge on any atom is -0.370 e. The Balaban J connectivity index is 1.95. The predicted molar refractivity (Wildman–Crippen MR) is 102 cm³/mol. The van der Waals surface area contributed by atoms with Crippen LogP contribution in [0.4, 0.5) is 0 Å². The van der Waals surface area contributed by atoms with Crippen molar-refractivity contribution in [2.24, 2.45) is 0 Å². The highest BCUT2D eigenvalue weighted by atomic mass is 32.1. The third-order valence-corrected chi connectivity index (χ3v) is 8.10. The quantitative estimate of drug-likeness (QED) is 0.666. The molecule has 0 aliphatic heterocycles. The maximum atomic E-state index is 14.0. The van der Waals surface area contributed by atoms with E-state index in [2.05, 4.69) is 5.32 Å². The van der Waals surface area contributed by atoms with E-state index < -0.39 is 7.14 Å². The first-order valence-electron chi connectivity index (χ1n) is 8.23. The normalized spacial score (nSPS) is 16.0. The van der Waals surface area contributed by atoms with E-state index in [-0.39, 0.29) is 0 Å². The molecule has 0 unspecified atom stereocenters. The van der Waals surface area contributed by atoms with E-state index in [0.29, 0.717) is 10.8 Å². The molecular formula is C19H22NOPS. The maximum Gasteiger partial charge on any atom is 0.196 e. The van der Waals surface area contributed by atoms with E-state index in [1.54, 1.807) is 0 Å². The Bertz CT molecular complexity index is 652. The fourth-order valence-corrected chi connectivity index (χ4v) is 6.29. The Hall–Kier alpha value is -1.44. The van der Waals surface area contributed by atoms with E-state index in [1.165, 1.54) is 19.3 Å². The van der Waals surface area contributed by atoms with Gasteiger partial charge in [-0.1, -0.05) is 92.1 Å². The summed E-state index contributed by atoms with van der Waals surface area (Å²) in [6.07, 6.45) is 5.97. The van der Waals surface area contributed by atoms with Gasteiger partial charge >= 0.3 is 0 Å². The molecule has 0 spiro atoms. The molecule has 1 aliphatic carbocycles. The molecule has 2 aromatic carbocycles. The zero-order valence-corrected chi connectivity index (χ0v) is 14.9. The van der Waals surface area contributed by atoms with Crippen molar-refractivity contribution in [2.75, 3.05) is 0 Å². The minimum atomic E-state index is -2.96. The van der Waals surface area contributed by atoms with E-state index in [9.17, 15) is 4.57 Å². The largest absolute Gasteiger partial charge is 0.370 e. The molecule has 0 atom stereocenters. The Labute approximate surface area is 143 Å². The van der Waals surface area contributed by atoms with Gasteiger partial charge in [0.1, 0.15) is 4.73 Å². The van der Waals surface area contributed by atoms with Crippen LogP contribution in [-0.4, -0.2) is 10.8 Å². The van der Waals surface area contributed by atoms with Gasteiger partial charge in [-0.15, -0.1) is 0 Å². The van der Waals surface area contributed by atoms with Gasteiger partial charge < -0.3 is 9.88 Å². The van der Waals surface area contributed by atoms with Crippen molar-refractivity contribution < 1.29 is 4.57 Å². The summed E-state index contributed by atoms with van der Waals surface area (Å²) in [4.78, 5) is 0. The number of thiocarbonyl (C=S) groups is 1. The summed E-state index contributed by atoms with van der Waals surface area (Å²) in [5.74, 6) is 0. The third-order valence-electron chi connectivity index (χ3n) is 4.46. The molecule has 1 fully saturated rings. The summed E-state index contributed by atoms with van der Waals surface area (Å²) in [5.41, 5.74) is 0. The van der Waals surface area contributed by atoms with Crippen molar-refractivity contribution in [1.82, 2.24) is 5.32 Å². The highest BCUT2D eigenvalue weighted by molar-refractivity contribution is 8.07. The molecule has 2 aromatic rings. The standard InChI is InChI=1S/C19H22NOPS/c21-22(17-12-6-2-7-13-17,18-14-8-3-9-15-18)19(23)20-16-10-4-1-5-11-16/h2-3,6-9,12-16H,1,4-5,10-11H2,(H,20,23). The van der Waals surface area contributed by atoms with Crippen LogP contribution in [0.3, 0.4) is 0 Å². The van der Waals surface area contributed by atoms with E-state index in [1.807, 2.05) is 60.7 Å². The Morgan fingerprint density at radius 1 is 0.870 bits per heavy atom. The van der Waals surface area contributed by atoms with Gasteiger partial charge in [-0.25, -0.2) is 0 Å². The van der Waals surface area contributed by atoms with E-state index in [4.69, 9.17) is 12.2 Å². The van der Waals surface area contributed by atoms with Gasteiger partial charge in [-0.3, -0.25) is 0 Å². The number of benzene rings is 2. The molecule has 1 N–H and O–H groups in total. The highest BCUT2D eigenvalue weighted by Gasteiger charge is 2.33. The monoisotopic (exact) mass is 343 g/mol. The van der Waals surface area contributed by atoms with Gasteiger partial charge in [0.2, 0.25) is 0 Å². The second-order valence-electron chi connectivity index (χ2n) is 6.06. The van der Waals surface area contributed by atoms with Crippen molar-refractivity contribution in [1.29, 1.82) is 0 Å². The van der Waals surface area contributed by atoms with Crippen molar-refractivity contribution in [2.45, 2.75) is 38.1 Å². The lowest BCUT2D eigenvalue weighted by atomic mass is 9.96. The lowest BCUT2D eigenvalue weighted by molar-refractivity contribution is 0.416. The van der Waals surface area contributed by atoms with Crippen LogP contribution in [0.15, 0.2) is 60.7 Å². The minimum absolute atomic E-state index is 0.358. The molecular weight excluding hydrogens is 321 g/mol. The maximum absolute atomic E-state index is 14.0. The van der Waals surface area contributed by atoms with Crippen molar-refractivity contribution in [3.8, 4) is 0 Å². The third kappa shape index (κ3) is 3.57. The van der Waals surface area contributed by atoms with Crippen LogP contribution in [0.5, 0.6) is 0 Å². The van der Waals surface area contributed by atoms with Crippen LogP contribution < -0.4 is 15.9 Å². The molecule has 3 rings (SSSR count). The summed E-state index contributed by atoms with van der Waals surface area (Å²) >= 11 is 5.66. The molecule has 0 amide bonds. The fourth-order valence-electron chi connectivity index (χ4n) is 3.17. The molecule has 4 heteroatoms. The highest BCUT2D eigenvalue weighted by Crippen LogP contribution is 2.44. The van der Waals surface area contributed by atoms with Crippen LogP contribution in [0, 0.1) is 0 Å². The van der Waals surface area contributed by atoms with Gasteiger partial charge in [0.05, 0.1) is 0 Å². The number of rotatable bonds is 4. The van der Waals surface area contributed by atoms with Crippen molar-refractivity contribution in [3.05, 3.63) is 60.7 Å². The Morgan fingerprint density at radius 3 is 1.83 bits per heavy atom. The SMILES string of the molecule is O=P(C(=S)NC1CCCCC1)(c1ccccc1)c1ccccc1. The first-order valence-corrected chi connectivity index (χ1v) is 10.3. The second kappa shape index (κ2) is 7.42. The molecule has 0 heterocycles. The molecule has 2 nitrogen and oxygen atoms in total. The zero-order valence-electron chi connectivity index (χ0n) is 13.2. The predicted octanol–water partition coefficient (Wildman–Crippen LogP) is 4.21. The fraction of sp³-hybridized carbons (Fsp3) is 0.316. The number of nitrogens with one attached hydrogen (secondary N) is 1. The summed E-state index contributed by atoms with van der Waals surface area (Å²) in [6, 6.07) is 19.6. The average Bonchev–Trinajstić information content (AvgIpc) is 2.63. The van der Waals surface area contributed by atoms with Crippen LogP contribution in [0.25, 0.3) is 0 Å². The van der Waals surface area contributed by atoms with Crippen molar-refractivity contribution in [3.63, 3.8) is 0 Å². The molecule has 23 heavy (non-hydrogen) atoms. The Kier molecular flexibility index (Phi) is 5.30. The van der Waals surface area contributed by atoms with E-state index >= 15 is 0 Å². The number of hydrogen-bond donors (Lipinski definition) is 1. The van der Waals surface area contributed by atoms with Crippen LogP contribution in [0.2, 0.25) is 0 Å². The van der Waals surface area contributed by atoms with Crippen LogP contribution in [-0.2, 0) is 4.57 Å². The zero-order chi connectivity index (χ0) is 16.1. The van der Waals surface area contributed by atoms with E-state index in [0.717, 1.165) is 23.5 Å². The lowest BCUT2D eigenvalue weighted by Crippen LogP contribution is -2.38. The summed E-state index contributed by atoms with van der Waals surface area (Å²) in [7, 11) is -2.96. The van der Waals surface area contributed by atoms with Gasteiger partial charge in [-0.2, -0.15) is 0 Å². The summed E-state index contributed by atoms with van der Waals surface area (Å²) in [6.45, 7) is 0. The van der Waals surface area contributed by atoms with Crippen LogP contribution >= 0.6 is 19.4 Å². The average molecular weight is 343 g/mol. The molecule has 120 valence electrons. The summed E-state index contributed by atoms with van der Waals surface area (Å²) in [5, 5.41) is 5.03. The molecule has 0 saturated heterocycles. The van der Waals surface area contributed by atoms with Gasteiger partial charge in [0, 0.05) is 16.7 Å². The molecule has 1 saturated carbocycles. The van der Waals surface area contributed by atoms with Gasteiger partial charge in [-0.05, 0) is 12.8 Å². The lowest BCUT2D eigenvalue weighted by Gasteiger charge is -2.28. The molecule has 0 radical (unpaired) electrons. The number of hydrogen-bond acceptors (Lipinski definition) is 2. The molecule has 0 bridgehead atoms. The van der Waals surface area contributed by atoms with Gasteiger partial charge in [0.15, 0.2) is 7.14 Å². The molecule has 1 aliphatic rings. The Morgan fingerprint density at radius 2 is 1.35 bits per heavy atom. The smallest absolute Gasteiger partial charge is 0.196 e. The second-order valence-corrected chi connectivity index (χ2v) is 9.47. The first kappa shape index (κ1) is 16.4. The van der Waals surface area contributed by atoms with Crippen molar-refractivity contribution >= 4 is 34.7 Å². The topological polar surface area (TPSA) is 29.1 Å². The first-order chi connectivity index (χ1) is 11.2.